The van der Waals surface area contributed by atoms with E-state index >= 15 is 0 Å². The summed E-state index contributed by atoms with van der Waals surface area (Å²) >= 11 is 0. The fraction of sp³-hybridized carbons (Fsp3) is 0.227. The molecule has 1 unspecified atom stereocenters. The van der Waals surface area contributed by atoms with Crippen molar-refractivity contribution in [3.05, 3.63) is 65.2 Å². The van der Waals surface area contributed by atoms with Gasteiger partial charge in [0.25, 0.3) is 5.91 Å². The highest BCUT2D eigenvalue weighted by atomic mass is 16.6. The van der Waals surface area contributed by atoms with Crippen LogP contribution in [0.1, 0.15) is 37.9 Å². The van der Waals surface area contributed by atoms with Crippen molar-refractivity contribution in [2.45, 2.75) is 26.8 Å². The molecule has 0 aromatic heterocycles. The first kappa shape index (κ1) is 20.7. The Morgan fingerprint density at radius 1 is 1.18 bits per heavy atom. The third-order valence-corrected chi connectivity index (χ3v) is 3.84. The summed E-state index contributed by atoms with van der Waals surface area (Å²) in [6, 6.07) is 16.0. The zero-order valence-corrected chi connectivity index (χ0v) is 16.1. The van der Waals surface area contributed by atoms with Gasteiger partial charge in [-0.05, 0) is 43.2 Å². The molecule has 0 spiro atoms. The lowest BCUT2D eigenvalue weighted by Gasteiger charge is -2.14. The predicted molar refractivity (Wildman–Crippen MR) is 106 cm³/mol. The molecule has 1 amide bonds. The molecule has 0 aliphatic rings. The van der Waals surface area contributed by atoms with Crippen LogP contribution in [0.4, 0.5) is 0 Å². The SMILES string of the molecule is CCOc1cc(/C=C(\C#N)C(=O)NC(C)c2ccccc2)ccc1OC(C)=O. The molecule has 0 aliphatic carbocycles. The van der Waals surface area contributed by atoms with Crippen LogP contribution in [-0.2, 0) is 9.59 Å². The van der Waals surface area contributed by atoms with Gasteiger partial charge in [0.2, 0.25) is 0 Å². The number of carbonyl (C=O) groups is 2. The molecule has 6 heteroatoms. The highest BCUT2D eigenvalue weighted by Gasteiger charge is 2.15. The van der Waals surface area contributed by atoms with E-state index in [9.17, 15) is 14.9 Å². The summed E-state index contributed by atoms with van der Waals surface area (Å²) in [5.41, 5.74) is 1.49. The molecule has 0 aliphatic heterocycles. The number of hydrogen-bond acceptors (Lipinski definition) is 5. The van der Waals surface area contributed by atoms with E-state index in [1.165, 1.54) is 13.0 Å². The van der Waals surface area contributed by atoms with Gasteiger partial charge in [-0.15, -0.1) is 0 Å². The van der Waals surface area contributed by atoms with Crippen LogP contribution < -0.4 is 14.8 Å². The van der Waals surface area contributed by atoms with Crippen LogP contribution in [0.25, 0.3) is 6.08 Å². The van der Waals surface area contributed by atoms with Crippen molar-refractivity contribution in [2.75, 3.05) is 6.61 Å². The molecule has 2 aromatic rings. The van der Waals surface area contributed by atoms with E-state index in [0.717, 1.165) is 5.56 Å². The van der Waals surface area contributed by atoms with Crippen molar-refractivity contribution in [3.63, 3.8) is 0 Å². The summed E-state index contributed by atoms with van der Waals surface area (Å²) in [6.45, 7) is 5.33. The molecule has 0 heterocycles. The van der Waals surface area contributed by atoms with Crippen molar-refractivity contribution >= 4 is 18.0 Å². The van der Waals surface area contributed by atoms with E-state index < -0.39 is 11.9 Å². The summed E-state index contributed by atoms with van der Waals surface area (Å²) in [5.74, 6) is -0.286. The van der Waals surface area contributed by atoms with Gasteiger partial charge in [-0.25, -0.2) is 0 Å². The summed E-state index contributed by atoms with van der Waals surface area (Å²) in [6.07, 6.45) is 1.47. The number of esters is 1. The van der Waals surface area contributed by atoms with Gasteiger partial charge in [-0.1, -0.05) is 36.4 Å². The molecule has 0 fully saturated rings. The quantitative estimate of drug-likeness (QED) is 0.343. The number of ether oxygens (including phenoxy) is 2. The standard InChI is InChI=1S/C22H22N2O4/c1-4-27-21-13-17(10-11-20(21)28-16(3)25)12-19(14-23)22(26)24-15(2)18-8-6-5-7-9-18/h5-13,15H,4H2,1-3H3,(H,24,26)/b19-12+. The highest BCUT2D eigenvalue weighted by Crippen LogP contribution is 2.29. The van der Waals surface area contributed by atoms with Crippen molar-refractivity contribution in [2.24, 2.45) is 0 Å². The number of hydrogen-bond donors (Lipinski definition) is 1. The first-order chi connectivity index (χ1) is 13.4. The average Bonchev–Trinajstić information content (AvgIpc) is 2.68. The topological polar surface area (TPSA) is 88.4 Å². The third kappa shape index (κ3) is 5.71. The zero-order chi connectivity index (χ0) is 20.5. The smallest absolute Gasteiger partial charge is 0.308 e. The molecule has 1 N–H and O–H groups in total. The van der Waals surface area contributed by atoms with Gasteiger partial charge in [0.05, 0.1) is 12.6 Å². The fourth-order valence-electron chi connectivity index (χ4n) is 2.54. The lowest BCUT2D eigenvalue weighted by atomic mass is 10.1. The Kier molecular flexibility index (Phi) is 7.35. The molecule has 144 valence electrons. The lowest BCUT2D eigenvalue weighted by Crippen LogP contribution is -2.27. The summed E-state index contributed by atoms with van der Waals surface area (Å²) < 4.78 is 10.6. The average molecular weight is 378 g/mol. The fourth-order valence-corrected chi connectivity index (χ4v) is 2.54. The van der Waals surface area contributed by atoms with Gasteiger partial charge < -0.3 is 14.8 Å². The molecular formula is C22H22N2O4. The van der Waals surface area contributed by atoms with E-state index in [-0.39, 0.29) is 17.4 Å². The van der Waals surface area contributed by atoms with Gasteiger partial charge in [-0.2, -0.15) is 5.26 Å². The number of nitrogens with zero attached hydrogens (tertiary/aromatic N) is 1. The summed E-state index contributed by atoms with van der Waals surface area (Å²) in [4.78, 5) is 23.7. The molecular weight excluding hydrogens is 356 g/mol. The van der Waals surface area contributed by atoms with Crippen molar-refractivity contribution in [3.8, 4) is 17.6 Å². The summed E-state index contributed by atoms with van der Waals surface area (Å²) in [5, 5.41) is 12.2. The highest BCUT2D eigenvalue weighted by molar-refractivity contribution is 6.01. The second kappa shape index (κ2) is 9.93. The number of carbonyl (C=O) groups excluding carboxylic acids is 2. The first-order valence-electron chi connectivity index (χ1n) is 8.87. The van der Waals surface area contributed by atoms with E-state index in [0.29, 0.717) is 17.9 Å². The van der Waals surface area contributed by atoms with Crippen LogP contribution >= 0.6 is 0 Å². The zero-order valence-electron chi connectivity index (χ0n) is 16.1. The minimum absolute atomic E-state index is 0.0366. The second-order valence-electron chi connectivity index (χ2n) is 6.01. The lowest BCUT2D eigenvalue weighted by molar-refractivity contribution is -0.132. The maximum absolute atomic E-state index is 12.5. The molecule has 2 aromatic carbocycles. The Hall–Kier alpha value is -3.59. The molecule has 6 nitrogen and oxygen atoms in total. The molecule has 0 saturated carbocycles. The van der Waals surface area contributed by atoms with Gasteiger partial charge in [-0.3, -0.25) is 9.59 Å². The van der Waals surface area contributed by atoms with E-state index in [1.807, 2.05) is 43.3 Å². The molecule has 1 atom stereocenters. The normalized spacial score (nSPS) is 11.9. The molecule has 2 rings (SSSR count). The van der Waals surface area contributed by atoms with E-state index in [4.69, 9.17) is 9.47 Å². The Morgan fingerprint density at radius 2 is 1.89 bits per heavy atom. The first-order valence-corrected chi connectivity index (χ1v) is 8.87. The van der Waals surface area contributed by atoms with E-state index in [1.54, 1.807) is 25.1 Å². The number of rotatable bonds is 7. The number of amides is 1. The van der Waals surface area contributed by atoms with Crippen LogP contribution in [0.5, 0.6) is 11.5 Å². The minimum atomic E-state index is -0.471. The Labute approximate surface area is 164 Å². The number of nitriles is 1. The number of nitrogens with one attached hydrogen (secondary N) is 1. The molecule has 28 heavy (non-hydrogen) atoms. The van der Waals surface area contributed by atoms with E-state index in [2.05, 4.69) is 5.32 Å². The van der Waals surface area contributed by atoms with Gasteiger partial charge in [0.15, 0.2) is 11.5 Å². The molecule has 0 bridgehead atoms. The Bertz CT molecular complexity index is 914. The van der Waals surface area contributed by atoms with Crippen LogP contribution in [0.15, 0.2) is 54.1 Å². The van der Waals surface area contributed by atoms with Crippen LogP contribution in [0.3, 0.4) is 0 Å². The second-order valence-corrected chi connectivity index (χ2v) is 6.01. The van der Waals surface area contributed by atoms with Crippen molar-refractivity contribution < 1.29 is 19.1 Å². The van der Waals surface area contributed by atoms with Crippen LogP contribution in [0.2, 0.25) is 0 Å². The van der Waals surface area contributed by atoms with Crippen molar-refractivity contribution in [1.82, 2.24) is 5.32 Å². The largest absolute Gasteiger partial charge is 0.490 e. The Morgan fingerprint density at radius 3 is 2.50 bits per heavy atom. The Balaban J connectivity index is 2.23. The predicted octanol–water partition coefficient (Wildman–Crippen LogP) is 3.79. The molecule has 0 saturated heterocycles. The van der Waals surface area contributed by atoms with Crippen LogP contribution in [0, 0.1) is 11.3 Å². The van der Waals surface area contributed by atoms with Crippen LogP contribution in [-0.4, -0.2) is 18.5 Å². The van der Waals surface area contributed by atoms with Crippen molar-refractivity contribution in [1.29, 1.82) is 5.26 Å². The summed E-state index contributed by atoms with van der Waals surface area (Å²) in [7, 11) is 0. The van der Waals surface area contributed by atoms with Gasteiger partial charge >= 0.3 is 5.97 Å². The van der Waals surface area contributed by atoms with Gasteiger partial charge in [0.1, 0.15) is 11.6 Å². The van der Waals surface area contributed by atoms with Gasteiger partial charge in [0, 0.05) is 6.92 Å². The minimum Gasteiger partial charge on any atom is -0.490 e. The molecule has 0 radical (unpaired) electrons. The third-order valence-electron chi connectivity index (χ3n) is 3.84. The number of benzene rings is 2. The maximum Gasteiger partial charge on any atom is 0.308 e. The maximum atomic E-state index is 12.5. The monoisotopic (exact) mass is 378 g/mol.